The number of hydrogen-bond acceptors (Lipinski definition) is 2. The van der Waals surface area contributed by atoms with Crippen molar-refractivity contribution in [1.29, 1.82) is 0 Å². The second-order valence-electron chi connectivity index (χ2n) is 5.19. The normalized spacial score (nSPS) is 14.1. The standard InChI is InChI=1S/C17H20FNO/c1-12(2)17(16(19)13-8-4-3-5-9-13)20-15-11-7-6-10-14(15)18/h3-12,16-17H,19H2,1-2H3. The summed E-state index contributed by atoms with van der Waals surface area (Å²) in [6.45, 7) is 4.04. The van der Waals surface area contributed by atoms with Crippen LogP contribution >= 0.6 is 0 Å². The first-order chi connectivity index (χ1) is 9.59. The molecule has 0 saturated carbocycles. The SMILES string of the molecule is CC(C)C(Oc1ccccc1F)C(N)c1ccccc1. The summed E-state index contributed by atoms with van der Waals surface area (Å²) in [5, 5.41) is 0. The van der Waals surface area contributed by atoms with E-state index in [0.29, 0.717) is 0 Å². The zero-order chi connectivity index (χ0) is 14.5. The summed E-state index contributed by atoms with van der Waals surface area (Å²) in [4.78, 5) is 0. The Bertz CT molecular complexity index is 542. The van der Waals surface area contributed by atoms with Gasteiger partial charge in [0, 0.05) is 0 Å². The maximum absolute atomic E-state index is 13.7. The van der Waals surface area contributed by atoms with E-state index in [1.54, 1.807) is 18.2 Å². The predicted octanol–water partition coefficient (Wildman–Crippen LogP) is 3.93. The van der Waals surface area contributed by atoms with Crippen LogP contribution in [0.15, 0.2) is 54.6 Å². The van der Waals surface area contributed by atoms with Crippen molar-refractivity contribution < 1.29 is 9.13 Å². The molecule has 0 saturated heterocycles. The van der Waals surface area contributed by atoms with Gasteiger partial charge in [-0.05, 0) is 23.6 Å². The Labute approximate surface area is 119 Å². The van der Waals surface area contributed by atoms with Crippen LogP contribution in [0.5, 0.6) is 5.75 Å². The molecule has 0 aliphatic heterocycles. The minimum atomic E-state index is -0.363. The van der Waals surface area contributed by atoms with Crippen LogP contribution in [-0.4, -0.2) is 6.10 Å². The molecule has 2 aromatic rings. The summed E-state index contributed by atoms with van der Waals surface area (Å²) in [7, 11) is 0. The second kappa shape index (κ2) is 6.53. The predicted molar refractivity (Wildman–Crippen MR) is 79.0 cm³/mol. The highest BCUT2D eigenvalue weighted by Crippen LogP contribution is 2.26. The van der Waals surface area contributed by atoms with E-state index in [-0.39, 0.29) is 29.6 Å². The highest BCUT2D eigenvalue weighted by atomic mass is 19.1. The Kier molecular flexibility index (Phi) is 4.74. The van der Waals surface area contributed by atoms with Crippen molar-refractivity contribution in [3.8, 4) is 5.75 Å². The average molecular weight is 273 g/mol. The molecule has 0 radical (unpaired) electrons. The van der Waals surface area contributed by atoms with Gasteiger partial charge >= 0.3 is 0 Å². The Hall–Kier alpha value is -1.87. The topological polar surface area (TPSA) is 35.2 Å². The van der Waals surface area contributed by atoms with Gasteiger partial charge in [-0.2, -0.15) is 0 Å². The Morgan fingerprint density at radius 3 is 2.15 bits per heavy atom. The minimum absolute atomic E-state index is 0.171. The van der Waals surface area contributed by atoms with Gasteiger partial charge in [-0.25, -0.2) is 4.39 Å². The van der Waals surface area contributed by atoms with Crippen LogP contribution in [0.1, 0.15) is 25.5 Å². The summed E-state index contributed by atoms with van der Waals surface area (Å²) in [5.74, 6) is 0.0563. The molecule has 0 amide bonds. The van der Waals surface area contributed by atoms with Crippen molar-refractivity contribution in [2.75, 3.05) is 0 Å². The van der Waals surface area contributed by atoms with Gasteiger partial charge < -0.3 is 10.5 Å². The monoisotopic (exact) mass is 273 g/mol. The zero-order valence-corrected chi connectivity index (χ0v) is 11.8. The lowest BCUT2D eigenvalue weighted by molar-refractivity contribution is 0.118. The summed E-state index contributed by atoms with van der Waals surface area (Å²) < 4.78 is 19.5. The van der Waals surface area contributed by atoms with Gasteiger partial charge in [0.15, 0.2) is 11.6 Å². The summed E-state index contributed by atoms with van der Waals surface area (Å²) >= 11 is 0. The minimum Gasteiger partial charge on any atom is -0.485 e. The third-order valence-corrected chi connectivity index (χ3v) is 3.30. The number of halogens is 1. The van der Waals surface area contributed by atoms with Crippen molar-refractivity contribution in [3.05, 3.63) is 66.0 Å². The Morgan fingerprint density at radius 1 is 0.950 bits per heavy atom. The van der Waals surface area contributed by atoms with Gasteiger partial charge in [0.2, 0.25) is 0 Å². The molecule has 20 heavy (non-hydrogen) atoms. The number of benzene rings is 2. The molecule has 0 fully saturated rings. The van der Waals surface area contributed by atoms with Crippen LogP contribution in [0.3, 0.4) is 0 Å². The molecule has 0 aliphatic rings. The number of hydrogen-bond donors (Lipinski definition) is 1. The zero-order valence-electron chi connectivity index (χ0n) is 11.8. The van der Waals surface area contributed by atoms with Crippen LogP contribution in [0.25, 0.3) is 0 Å². The first-order valence-electron chi connectivity index (χ1n) is 6.81. The molecular weight excluding hydrogens is 253 g/mol. The summed E-state index contributed by atoms with van der Waals surface area (Å²) in [5.41, 5.74) is 7.28. The third kappa shape index (κ3) is 3.36. The number of rotatable bonds is 5. The van der Waals surface area contributed by atoms with Crippen LogP contribution in [-0.2, 0) is 0 Å². The van der Waals surface area contributed by atoms with Crippen molar-refractivity contribution in [3.63, 3.8) is 0 Å². The molecular formula is C17H20FNO. The molecule has 2 atom stereocenters. The first kappa shape index (κ1) is 14.5. The molecule has 2 unspecified atom stereocenters. The number of para-hydroxylation sites is 1. The van der Waals surface area contributed by atoms with E-state index in [1.165, 1.54) is 6.07 Å². The Balaban J connectivity index is 2.22. The quantitative estimate of drug-likeness (QED) is 0.896. The largest absolute Gasteiger partial charge is 0.485 e. The summed E-state index contributed by atoms with van der Waals surface area (Å²) in [6.07, 6.45) is -0.283. The lowest BCUT2D eigenvalue weighted by Gasteiger charge is -2.28. The van der Waals surface area contributed by atoms with Crippen molar-refractivity contribution in [2.45, 2.75) is 26.0 Å². The maximum atomic E-state index is 13.7. The molecule has 0 bridgehead atoms. The van der Waals surface area contributed by atoms with Crippen LogP contribution in [0, 0.1) is 11.7 Å². The molecule has 106 valence electrons. The van der Waals surface area contributed by atoms with Gasteiger partial charge in [-0.1, -0.05) is 56.3 Å². The van der Waals surface area contributed by atoms with Gasteiger partial charge in [0.05, 0.1) is 6.04 Å². The molecule has 2 rings (SSSR count). The first-order valence-corrected chi connectivity index (χ1v) is 6.81. The lowest BCUT2D eigenvalue weighted by atomic mass is 9.94. The fourth-order valence-electron chi connectivity index (χ4n) is 2.18. The van der Waals surface area contributed by atoms with Gasteiger partial charge in [-0.15, -0.1) is 0 Å². The van der Waals surface area contributed by atoms with Gasteiger partial charge in [0.25, 0.3) is 0 Å². The van der Waals surface area contributed by atoms with Crippen molar-refractivity contribution in [1.82, 2.24) is 0 Å². The van der Waals surface area contributed by atoms with E-state index in [0.717, 1.165) is 5.56 Å². The van der Waals surface area contributed by atoms with E-state index in [4.69, 9.17) is 10.5 Å². The van der Waals surface area contributed by atoms with Crippen LogP contribution in [0.4, 0.5) is 4.39 Å². The van der Waals surface area contributed by atoms with E-state index in [9.17, 15) is 4.39 Å². The molecule has 0 aromatic heterocycles. The Morgan fingerprint density at radius 2 is 1.55 bits per heavy atom. The molecule has 2 aromatic carbocycles. The van der Waals surface area contributed by atoms with Gasteiger partial charge in [0.1, 0.15) is 6.10 Å². The summed E-state index contributed by atoms with van der Waals surface area (Å²) in [6, 6.07) is 15.9. The lowest BCUT2D eigenvalue weighted by Crippen LogP contribution is -2.36. The molecule has 2 N–H and O–H groups in total. The fraction of sp³-hybridized carbons (Fsp3) is 0.294. The van der Waals surface area contributed by atoms with E-state index >= 15 is 0 Å². The van der Waals surface area contributed by atoms with Gasteiger partial charge in [-0.3, -0.25) is 0 Å². The molecule has 0 aliphatic carbocycles. The smallest absolute Gasteiger partial charge is 0.165 e. The molecule has 0 spiro atoms. The van der Waals surface area contributed by atoms with Crippen LogP contribution < -0.4 is 10.5 Å². The fourth-order valence-corrected chi connectivity index (χ4v) is 2.18. The molecule has 3 heteroatoms. The van der Waals surface area contributed by atoms with Crippen LogP contribution in [0.2, 0.25) is 0 Å². The van der Waals surface area contributed by atoms with Crippen molar-refractivity contribution >= 4 is 0 Å². The number of ether oxygens (including phenoxy) is 1. The van der Waals surface area contributed by atoms with E-state index in [2.05, 4.69) is 0 Å². The highest BCUT2D eigenvalue weighted by Gasteiger charge is 2.25. The number of nitrogens with two attached hydrogens (primary N) is 1. The molecule has 0 heterocycles. The molecule has 2 nitrogen and oxygen atoms in total. The average Bonchev–Trinajstić information content (AvgIpc) is 2.46. The second-order valence-corrected chi connectivity index (χ2v) is 5.19. The maximum Gasteiger partial charge on any atom is 0.165 e. The highest BCUT2D eigenvalue weighted by molar-refractivity contribution is 5.25. The third-order valence-electron chi connectivity index (χ3n) is 3.30. The van der Waals surface area contributed by atoms with E-state index < -0.39 is 0 Å². The van der Waals surface area contributed by atoms with Crippen molar-refractivity contribution in [2.24, 2.45) is 11.7 Å². The van der Waals surface area contributed by atoms with E-state index in [1.807, 2.05) is 44.2 Å².